The van der Waals surface area contributed by atoms with Crippen LogP contribution in [-0.4, -0.2) is 52.1 Å². The lowest BCUT2D eigenvalue weighted by Gasteiger charge is -2.15. The summed E-state index contributed by atoms with van der Waals surface area (Å²) >= 11 is 0. The third kappa shape index (κ3) is 4.88. The molecule has 0 aliphatic carbocycles. The maximum absolute atomic E-state index is 12.1. The van der Waals surface area contributed by atoms with Crippen LogP contribution in [0, 0.1) is 0 Å². The fourth-order valence-corrected chi connectivity index (χ4v) is 2.35. The molecular weight excluding hydrogens is 334 g/mol. The quantitative estimate of drug-likeness (QED) is 0.548. The van der Waals surface area contributed by atoms with Gasteiger partial charge in [0.05, 0.1) is 6.61 Å². The van der Waals surface area contributed by atoms with Crippen molar-refractivity contribution in [1.29, 1.82) is 0 Å². The van der Waals surface area contributed by atoms with Gasteiger partial charge in [-0.15, -0.1) is 0 Å². The molecule has 1 aliphatic heterocycles. The number of carbonyl (C=O) groups is 2. The smallest absolute Gasteiger partial charge is 0.413 e. The topological polar surface area (TPSA) is 129 Å². The van der Waals surface area contributed by atoms with E-state index in [9.17, 15) is 19.5 Å². The van der Waals surface area contributed by atoms with Crippen LogP contribution in [0.2, 0.25) is 0 Å². The molecule has 1 aromatic rings. The van der Waals surface area contributed by atoms with Crippen LogP contribution in [0.15, 0.2) is 29.7 Å². The number of nitrogens with one attached hydrogen (secondary N) is 1. The first-order chi connectivity index (χ1) is 11.9. The molecule has 3 atom stereocenters. The molecule has 0 radical (unpaired) electrons. The van der Waals surface area contributed by atoms with Crippen LogP contribution in [0.4, 0.5) is 10.6 Å². The van der Waals surface area contributed by atoms with E-state index in [1.165, 1.54) is 29.8 Å². The Balaban J connectivity index is 2.08. The van der Waals surface area contributed by atoms with E-state index in [1.807, 2.05) is 0 Å². The van der Waals surface area contributed by atoms with Crippen molar-refractivity contribution in [3.8, 4) is 0 Å². The summed E-state index contributed by atoms with van der Waals surface area (Å²) < 4.78 is 16.5. The van der Waals surface area contributed by atoms with Crippen molar-refractivity contribution < 1.29 is 28.9 Å². The minimum absolute atomic E-state index is 0.0172. The van der Waals surface area contributed by atoms with Gasteiger partial charge in [-0.25, -0.2) is 9.59 Å². The van der Waals surface area contributed by atoms with Crippen molar-refractivity contribution in [2.75, 3.05) is 18.5 Å². The highest BCUT2D eigenvalue weighted by atomic mass is 16.6. The molecule has 10 heteroatoms. The molecule has 1 aliphatic rings. The Labute approximate surface area is 143 Å². The van der Waals surface area contributed by atoms with Crippen LogP contribution < -0.4 is 11.0 Å². The minimum atomic E-state index is -0.767. The maximum Gasteiger partial charge on any atom is 0.413 e. The van der Waals surface area contributed by atoms with Crippen molar-refractivity contribution >= 4 is 17.9 Å². The molecule has 0 unspecified atom stereocenters. The molecule has 0 saturated carbocycles. The number of carbonyl (C=O) groups excluding carboxylic acids is 2. The molecular formula is C15H19N3O7. The molecule has 2 rings (SSSR count). The minimum Gasteiger partial charge on any atom is -0.460 e. The number of nitrogens with zero attached hydrogens (tertiary/aromatic N) is 2. The summed E-state index contributed by atoms with van der Waals surface area (Å²) in [6.45, 7) is 4.33. The molecule has 1 saturated heterocycles. The summed E-state index contributed by atoms with van der Waals surface area (Å²) in [6.07, 6.45) is 0.0760. The number of aliphatic hydroxyl groups excluding tert-OH is 1. The average Bonchev–Trinajstić information content (AvgIpc) is 2.94. The van der Waals surface area contributed by atoms with Crippen molar-refractivity contribution in [2.24, 2.45) is 0 Å². The molecule has 0 bridgehead atoms. The lowest BCUT2D eigenvalue weighted by atomic mass is 10.2. The van der Waals surface area contributed by atoms with E-state index in [0.717, 1.165) is 0 Å². The van der Waals surface area contributed by atoms with E-state index < -0.39 is 36.2 Å². The first-order valence-corrected chi connectivity index (χ1v) is 7.52. The zero-order chi connectivity index (χ0) is 18.4. The summed E-state index contributed by atoms with van der Waals surface area (Å²) in [5.41, 5.74) is -0.674. The third-order valence-electron chi connectivity index (χ3n) is 3.38. The number of esters is 1. The second kappa shape index (κ2) is 8.40. The van der Waals surface area contributed by atoms with Gasteiger partial charge in [0, 0.05) is 19.5 Å². The number of aromatic nitrogens is 2. The summed E-state index contributed by atoms with van der Waals surface area (Å²) in [5, 5.41) is 11.6. The highest BCUT2D eigenvalue weighted by molar-refractivity contribution is 5.83. The molecule has 136 valence electrons. The Kier molecular flexibility index (Phi) is 6.25. The number of hydrogen-bond acceptors (Lipinski definition) is 8. The first kappa shape index (κ1) is 18.6. The third-order valence-corrected chi connectivity index (χ3v) is 3.38. The monoisotopic (exact) mass is 353 g/mol. The average molecular weight is 353 g/mol. The fourth-order valence-electron chi connectivity index (χ4n) is 2.35. The fraction of sp³-hybridized carbons (Fsp3) is 0.467. The molecule has 1 fully saturated rings. The molecule has 2 N–H and O–H groups in total. The molecule has 1 aromatic heterocycles. The van der Waals surface area contributed by atoms with Crippen molar-refractivity contribution in [3.05, 3.63) is 35.4 Å². The zero-order valence-electron chi connectivity index (χ0n) is 13.6. The van der Waals surface area contributed by atoms with E-state index in [1.54, 1.807) is 0 Å². The second-order valence-corrected chi connectivity index (χ2v) is 5.21. The summed E-state index contributed by atoms with van der Waals surface area (Å²) in [6, 6.07) is 1.40. The van der Waals surface area contributed by atoms with E-state index in [4.69, 9.17) is 14.2 Å². The van der Waals surface area contributed by atoms with Crippen LogP contribution in [0.25, 0.3) is 0 Å². The number of ether oxygens (including phenoxy) is 3. The second-order valence-electron chi connectivity index (χ2n) is 5.21. The zero-order valence-corrected chi connectivity index (χ0v) is 13.6. The van der Waals surface area contributed by atoms with Gasteiger partial charge < -0.3 is 19.3 Å². The largest absolute Gasteiger partial charge is 0.460 e. The van der Waals surface area contributed by atoms with Crippen LogP contribution in [0.3, 0.4) is 0 Å². The molecule has 2 heterocycles. The van der Waals surface area contributed by atoms with E-state index in [0.29, 0.717) is 0 Å². The standard InChI is InChI=1S/C15H19N3O7/c1-3-6-23-15(22)17-12-4-5-18(14(21)16-12)13-7-10(24-9(2)20)11(8-19)25-13/h3-5,10-11,13,19H,1,6-8H2,2H3,(H,16,17,21,22)/t10-,11+,13+/m0/s1. The molecule has 1 amide bonds. The normalized spacial score (nSPS) is 22.2. The Hall–Kier alpha value is -2.72. The number of anilines is 1. The van der Waals surface area contributed by atoms with Gasteiger partial charge in [0.1, 0.15) is 30.9 Å². The molecule has 0 aromatic carbocycles. The van der Waals surface area contributed by atoms with Gasteiger partial charge in [-0.05, 0) is 6.07 Å². The van der Waals surface area contributed by atoms with E-state index in [2.05, 4.69) is 16.9 Å². The Bertz CT molecular complexity index is 703. The Morgan fingerprint density at radius 1 is 1.60 bits per heavy atom. The summed E-state index contributed by atoms with van der Waals surface area (Å²) in [7, 11) is 0. The predicted octanol–water partition coefficient (Wildman–Crippen LogP) is 0.189. The Morgan fingerprint density at radius 3 is 2.96 bits per heavy atom. The SMILES string of the molecule is C=CCOC(=O)Nc1ccn([C@H]2C[C@H](OC(C)=O)[C@@H](CO)O2)c(=O)n1. The van der Waals surface area contributed by atoms with Crippen molar-refractivity contribution in [3.63, 3.8) is 0 Å². The number of rotatable bonds is 6. The summed E-state index contributed by atoms with van der Waals surface area (Å²) in [5.74, 6) is -0.487. The maximum atomic E-state index is 12.1. The van der Waals surface area contributed by atoms with Gasteiger partial charge in [0.2, 0.25) is 0 Å². The van der Waals surface area contributed by atoms with E-state index >= 15 is 0 Å². The van der Waals surface area contributed by atoms with Crippen LogP contribution in [-0.2, 0) is 19.0 Å². The Morgan fingerprint density at radius 2 is 2.36 bits per heavy atom. The lowest BCUT2D eigenvalue weighted by molar-refractivity contribution is -0.150. The van der Waals surface area contributed by atoms with Gasteiger partial charge in [-0.3, -0.25) is 14.7 Å². The highest BCUT2D eigenvalue weighted by Crippen LogP contribution is 2.29. The van der Waals surface area contributed by atoms with Crippen LogP contribution in [0.1, 0.15) is 19.6 Å². The van der Waals surface area contributed by atoms with Crippen molar-refractivity contribution in [2.45, 2.75) is 31.8 Å². The highest BCUT2D eigenvalue weighted by Gasteiger charge is 2.38. The number of hydrogen-bond donors (Lipinski definition) is 2. The van der Waals surface area contributed by atoms with Gasteiger partial charge in [0.15, 0.2) is 0 Å². The number of amides is 1. The predicted molar refractivity (Wildman–Crippen MR) is 84.8 cm³/mol. The molecule has 0 spiro atoms. The van der Waals surface area contributed by atoms with Gasteiger partial charge >= 0.3 is 17.8 Å². The summed E-state index contributed by atoms with van der Waals surface area (Å²) in [4.78, 5) is 38.4. The molecule has 25 heavy (non-hydrogen) atoms. The lowest BCUT2D eigenvalue weighted by Crippen LogP contribution is -2.29. The van der Waals surface area contributed by atoms with Crippen molar-refractivity contribution in [1.82, 2.24) is 9.55 Å². The van der Waals surface area contributed by atoms with Crippen LogP contribution >= 0.6 is 0 Å². The van der Waals surface area contributed by atoms with E-state index in [-0.39, 0.29) is 25.5 Å². The van der Waals surface area contributed by atoms with Gasteiger partial charge in [-0.1, -0.05) is 12.7 Å². The number of aliphatic hydroxyl groups is 1. The van der Waals surface area contributed by atoms with Gasteiger partial charge in [0.25, 0.3) is 0 Å². The molecule has 10 nitrogen and oxygen atoms in total. The van der Waals surface area contributed by atoms with Gasteiger partial charge in [-0.2, -0.15) is 4.98 Å². The van der Waals surface area contributed by atoms with Crippen LogP contribution in [0.5, 0.6) is 0 Å². The first-order valence-electron chi connectivity index (χ1n) is 7.52.